The van der Waals surface area contributed by atoms with Crippen molar-refractivity contribution in [3.05, 3.63) is 34.8 Å². The number of halogens is 1. The molecule has 0 unspecified atom stereocenters. The predicted octanol–water partition coefficient (Wildman–Crippen LogP) is 2.51. The van der Waals surface area contributed by atoms with Gasteiger partial charge in [0.2, 0.25) is 0 Å². The molecule has 0 fully saturated rings. The van der Waals surface area contributed by atoms with Crippen molar-refractivity contribution in [2.75, 3.05) is 19.0 Å². The lowest BCUT2D eigenvalue weighted by atomic mass is 10.3. The zero-order valence-corrected chi connectivity index (χ0v) is 10.3. The molecule has 1 aromatic carbocycles. The van der Waals surface area contributed by atoms with Gasteiger partial charge in [-0.05, 0) is 34.1 Å². The van der Waals surface area contributed by atoms with Gasteiger partial charge in [-0.1, -0.05) is 6.08 Å². The summed E-state index contributed by atoms with van der Waals surface area (Å²) in [6, 6.07) is 5.55. The van der Waals surface area contributed by atoms with Crippen LogP contribution in [0.15, 0.2) is 34.8 Å². The summed E-state index contributed by atoms with van der Waals surface area (Å²) in [6.45, 7) is 0.463. The number of hydrogen-bond acceptors (Lipinski definition) is 3. The highest BCUT2D eigenvalue weighted by atomic mass is 79.9. The molecule has 0 radical (unpaired) electrons. The first kappa shape index (κ1) is 12.6. The highest BCUT2D eigenvalue weighted by Crippen LogP contribution is 2.27. The van der Waals surface area contributed by atoms with Crippen LogP contribution in [0.25, 0.3) is 0 Å². The molecule has 4 nitrogen and oxygen atoms in total. The Balaban J connectivity index is 2.55. The van der Waals surface area contributed by atoms with E-state index >= 15 is 0 Å². The van der Waals surface area contributed by atoms with Crippen molar-refractivity contribution in [2.45, 2.75) is 0 Å². The fraction of sp³-hybridized carbons (Fsp3) is 0.182. The van der Waals surface area contributed by atoms with Gasteiger partial charge in [-0.15, -0.1) is 0 Å². The van der Waals surface area contributed by atoms with Crippen molar-refractivity contribution in [1.29, 1.82) is 0 Å². The average molecular weight is 286 g/mol. The Hall–Kier alpha value is -1.49. The minimum Gasteiger partial charge on any atom is -0.496 e. The Morgan fingerprint density at radius 1 is 1.62 bits per heavy atom. The molecule has 0 aromatic heterocycles. The number of rotatable bonds is 5. The molecule has 0 aliphatic heterocycles. The molecule has 0 spiro atoms. The molecular formula is C11H12BrNO3. The van der Waals surface area contributed by atoms with Gasteiger partial charge < -0.3 is 15.2 Å². The van der Waals surface area contributed by atoms with E-state index < -0.39 is 5.97 Å². The summed E-state index contributed by atoms with van der Waals surface area (Å²) in [7, 11) is 1.60. The summed E-state index contributed by atoms with van der Waals surface area (Å²) >= 11 is 3.36. The number of carboxylic acid groups (broad SMARTS) is 1. The van der Waals surface area contributed by atoms with Crippen LogP contribution >= 0.6 is 15.9 Å². The number of carbonyl (C=O) groups is 1. The zero-order valence-electron chi connectivity index (χ0n) is 8.74. The van der Waals surface area contributed by atoms with Gasteiger partial charge in [0.1, 0.15) is 5.75 Å². The molecule has 1 aromatic rings. The first-order valence-corrected chi connectivity index (χ1v) is 5.39. The topological polar surface area (TPSA) is 58.6 Å². The molecule has 0 atom stereocenters. The SMILES string of the molecule is COc1ccc(NC/C=C/C(=O)O)cc1Br. The summed E-state index contributed by atoms with van der Waals surface area (Å²) in [5.74, 6) is -0.190. The van der Waals surface area contributed by atoms with Crippen molar-refractivity contribution in [1.82, 2.24) is 0 Å². The molecule has 0 aliphatic carbocycles. The van der Waals surface area contributed by atoms with Crippen LogP contribution in [0, 0.1) is 0 Å². The Labute approximate surface area is 102 Å². The quantitative estimate of drug-likeness (QED) is 0.817. The lowest BCUT2D eigenvalue weighted by Crippen LogP contribution is -1.99. The third-order valence-electron chi connectivity index (χ3n) is 1.84. The molecule has 1 rings (SSSR count). The van der Waals surface area contributed by atoms with Gasteiger partial charge in [-0.2, -0.15) is 0 Å². The van der Waals surface area contributed by atoms with Crippen LogP contribution in [0.4, 0.5) is 5.69 Å². The molecule has 0 aliphatic rings. The lowest BCUT2D eigenvalue weighted by Gasteiger charge is -2.07. The van der Waals surface area contributed by atoms with Gasteiger partial charge in [0.25, 0.3) is 0 Å². The van der Waals surface area contributed by atoms with Crippen LogP contribution in [0.2, 0.25) is 0 Å². The summed E-state index contributed by atoms with van der Waals surface area (Å²) in [5, 5.41) is 11.4. The number of anilines is 1. The molecule has 0 bridgehead atoms. The monoisotopic (exact) mass is 285 g/mol. The minimum absolute atomic E-state index is 0.463. The van der Waals surface area contributed by atoms with Crippen molar-refractivity contribution in [3.63, 3.8) is 0 Å². The summed E-state index contributed by atoms with van der Waals surface area (Å²) in [4.78, 5) is 10.2. The van der Waals surface area contributed by atoms with Gasteiger partial charge in [-0.25, -0.2) is 4.79 Å². The molecule has 0 saturated heterocycles. The summed E-state index contributed by atoms with van der Waals surface area (Å²) < 4.78 is 5.94. The normalized spacial score (nSPS) is 10.4. The first-order chi connectivity index (χ1) is 7.63. The van der Waals surface area contributed by atoms with Gasteiger partial charge in [-0.3, -0.25) is 0 Å². The third kappa shape index (κ3) is 3.94. The van der Waals surface area contributed by atoms with Crippen LogP contribution < -0.4 is 10.1 Å². The summed E-state index contributed by atoms with van der Waals surface area (Å²) in [5.41, 5.74) is 0.891. The molecule has 86 valence electrons. The highest BCUT2D eigenvalue weighted by molar-refractivity contribution is 9.10. The van der Waals surface area contributed by atoms with Crippen LogP contribution in [0.3, 0.4) is 0 Å². The van der Waals surface area contributed by atoms with Crippen LogP contribution in [-0.4, -0.2) is 24.7 Å². The third-order valence-corrected chi connectivity index (χ3v) is 2.46. The second-order valence-corrected chi connectivity index (χ2v) is 3.83. The maximum Gasteiger partial charge on any atom is 0.328 e. The van der Waals surface area contributed by atoms with Gasteiger partial charge in [0.15, 0.2) is 0 Å². The number of methoxy groups -OCH3 is 1. The average Bonchev–Trinajstić information content (AvgIpc) is 2.24. The molecule has 0 saturated carbocycles. The zero-order chi connectivity index (χ0) is 12.0. The van der Waals surface area contributed by atoms with E-state index in [9.17, 15) is 4.79 Å². The minimum atomic E-state index is -0.947. The highest BCUT2D eigenvalue weighted by Gasteiger charge is 1.99. The number of carboxylic acids is 1. The van der Waals surface area contributed by atoms with Crippen LogP contribution in [-0.2, 0) is 4.79 Å². The van der Waals surface area contributed by atoms with Gasteiger partial charge in [0, 0.05) is 18.3 Å². The largest absolute Gasteiger partial charge is 0.496 e. The Bertz CT molecular complexity index is 404. The Kier molecular flexibility index (Phi) is 4.85. The van der Waals surface area contributed by atoms with Crippen molar-refractivity contribution in [2.24, 2.45) is 0 Å². The van der Waals surface area contributed by atoms with Crippen molar-refractivity contribution >= 4 is 27.6 Å². The molecule has 16 heavy (non-hydrogen) atoms. The van der Waals surface area contributed by atoms with E-state index in [1.165, 1.54) is 0 Å². The fourth-order valence-corrected chi connectivity index (χ4v) is 1.65. The van der Waals surface area contributed by atoms with Gasteiger partial charge in [0.05, 0.1) is 11.6 Å². The predicted molar refractivity (Wildman–Crippen MR) is 66.0 cm³/mol. The molecule has 0 amide bonds. The number of nitrogens with one attached hydrogen (secondary N) is 1. The standard InChI is InChI=1S/C11H12BrNO3/c1-16-10-5-4-8(7-9(10)12)13-6-2-3-11(14)15/h2-5,7,13H,6H2,1H3,(H,14,15)/b3-2+. The number of benzene rings is 1. The second-order valence-electron chi connectivity index (χ2n) is 2.97. The molecule has 2 N–H and O–H groups in total. The number of hydrogen-bond donors (Lipinski definition) is 2. The summed E-state index contributed by atoms with van der Waals surface area (Å²) in [6.07, 6.45) is 2.64. The van der Waals surface area contributed by atoms with E-state index in [0.717, 1.165) is 22.0 Å². The Morgan fingerprint density at radius 3 is 2.94 bits per heavy atom. The maximum absolute atomic E-state index is 10.2. The van der Waals surface area contributed by atoms with Crippen LogP contribution in [0.1, 0.15) is 0 Å². The second kappa shape index (κ2) is 6.17. The van der Waals surface area contributed by atoms with Crippen molar-refractivity contribution < 1.29 is 14.6 Å². The maximum atomic E-state index is 10.2. The van der Waals surface area contributed by atoms with E-state index in [1.54, 1.807) is 13.2 Å². The van der Waals surface area contributed by atoms with E-state index in [1.807, 2.05) is 18.2 Å². The number of ether oxygens (including phenoxy) is 1. The smallest absolute Gasteiger partial charge is 0.328 e. The lowest BCUT2D eigenvalue weighted by molar-refractivity contribution is -0.131. The molecular weight excluding hydrogens is 274 g/mol. The van der Waals surface area contributed by atoms with E-state index in [0.29, 0.717) is 6.54 Å². The Morgan fingerprint density at radius 2 is 2.38 bits per heavy atom. The molecule has 5 heteroatoms. The van der Waals surface area contributed by atoms with Crippen LogP contribution in [0.5, 0.6) is 5.75 Å². The number of aliphatic carboxylic acids is 1. The van der Waals surface area contributed by atoms with E-state index in [2.05, 4.69) is 21.2 Å². The molecule has 0 heterocycles. The first-order valence-electron chi connectivity index (χ1n) is 4.60. The van der Waals surface area contributed by atoms with Gasteiger partial charge >= 0.3 is 5.97 Å². The fourth-order valence-electron chi connectivity index (χ4n) is 1.11. The van der Waals surface area contributed by atoms with E-state index in [-0.39, 0.29) is 0 Å². The van der Waals surface area contributed by atoms with E-state index in [4.69, 9.17) is 9.84 Å². The van der Waals surface area contributed by atoms with Crippen molar-refractivity contribution in [3.8, 4) is 5.75 Å².